The smallest absolute Gasteiger partial charge is 0.224 e. The van der Waals surface area contributed by atoms with E-state index in [0.29, 0.717) is 26.1 Å². The second-order valence-electron chi connectivity index (χ2n) is 6.29. The minimum Gasteiger partial charge on any atom is -0.492 e. The van der Waals surface area contributed by atoms with Crippen molar-refractivity contribution in [1.29, 1.82) is 0 Å². The predicted octanol–water partition coefficient (Wildman–Crippen LogP) is 3.88. The first-order chi connectivity index (χ1) is 12.1. The topological polar surface area (TPSA) is 34.5 Å². The first-order valence-electron chi connectivity index (χ1n) is 8.61. The highest BCUT2D eigenvalue weighted by molar-refractivity contribution is 5.80. The molecule has 3 aromatic rings. The number of para-hydroxylation sites is 1. The minimum absolute atomic E-state index is 0.130. The van der Waals surface area contributed by atoms with Crippen LogP contribution in [0.2, 0.25) is 0 Å². The van der Waals surface area contributed by atoms with Crippen molar-refractivity contribution in [2.45, 2.75) is 19.9 Å². The average molecular weight is 336 g/mol. The number of hydrogen-bond acceptors (Lipinski definition) is 2. The molecule has 2 aromatic carbocycles. The lowest BCUT2D eigenvalue weighted by molar-refractivity contribution is -0.130. The Hall–Kier alpha value is -2.75. The molecule has 1 amide bonds. The highest BCUT2D eigenvalue weighted by Gasteiger charge is 2.10. The first kappa shape index (κ1) is 17.1. The molecule has 0 aliphatic rings. The van der Waals surface area contributed by atoms with E-state index in [4.69, 9.17) is 4.74 Å². The fourth-order valence-corrected chi connectivity index (χ4v) is 2.80. The monoisotopic (exact) mass is 336 g/mol. The van der Waals surface area contributed by atoms with E-state index in [0.717, 1.165) is 5.75 Å². The number of benzene rings is 2. The molecule has 25 heavy (non-hydrogen) atoms. The van der Waals surface area contributed by atoms with Crippen molar-refractivity contribution in [3.8, 4) is 5.75 Å². The Morgan fingerprint density at radius 2 is 1.84 bits per heavy atom. The van der Waals surface area contributed by atoms with Crippen molar-refractivity contribution in [2.24, 2.45) is 0 Å². The Bertz CT molecular complexity index is 836. The number of amides is 1. The molecule has 4 heteroatoms. The van der Waals surface area contributed by atoms with Gasteiger partial charge >= 0.3 is 0 Å². The number of nitrogens with zero attached hydrogens (tertiary/aromatic N) is 2. The number of aromatic nitrogens is 1. The second-order valence-corrected chi connectivity index (χ2v) is 6.29. The van der Waals surface area contributed by atoms with Gasteiger partial charge in [-0.1, -0.05) is 35.9 Å². The second kappa shape index (κ2) is 7.88. The molecule has 0 unspecified atom stereocenters. The Balaban J connectivity index is 1.45. The van der Waals surface area contributed by atoms with Gasteiger partial charge in [0.05, 0.1) is 6.54 Å². The zero-order valence-electron chi connectivity index (χ0n) is 14.8. The summed E-state index contributed by atoms with van der Waals surface area (Å²) in [6.07, 6.45) is 2.53. The molecule has 1 aromatic heterocycles. The van der Waals surface area contributed by atoms with Crippen LogP contribution >= 0.6 is 0 Å². The maximum Gasteiger partial charge on any atom is 0.224 e. The van der Waals surface area contributed by atoms with E-state index in [9.17, 15) is 4.79 Å². The molecule has 1 heterocycles. The van der Waals surface area contributed by atoms with Crippen molar-refractivity contribution in [3.05, 3.63) is 66.4 Å². The highest BCUT2D eigenvalue weighted by Crippen LogP contribution is 2.15. The van der Waals surface area contributed by atoms with Crippen molar-refractivity contribution >= 4 is 16.8 Å². The van der Waals surface area contributed by atoms with Crippen molar-refractivity contribution in [3.63, 3.8) is 0 Å². The maximum absolute atomic E-state index is 12.3. The van der Waals surface area contributed by atoms with Gasteiger partial charge in [-0.2, -0.15) is 0 Å². The number of fused-ring (bicyclic) bond motifs is 1. The zero-order chi connectivity index (χ0) is 17.6. The van der Waals surface area contributed by atoms with E-state index < -0.39 is 0 Å². The predicted molar refractivity (Wildman–Crippen MR) is 101 cm³/mol. The molecule has 0 radical (unpaired) electrons. The van der Waals surface area contributed by atoms with Crippen LogP contribution in [0.15, 0.2) is 60.8 Å². The van der Waals surface area contributed by atoms with E-state index in [1.165, 1.54) is 16.5 Å². The molecular formula is C21H24N2O2. The molecule has 3 rings (SSSR count). The number of rotatable bonds is 7. The summed E-state index contributed by atoms with van der Waals surface area (Å²) in [7, 11) is 1.83. The Morgan fingerprint density at radius 1 is 1.08 bits per heavy atom. The molecule has 130 valence electrons. The van der Waals surface area contributed by atoms with Crippen molar-refractivity contribution < 1.29 is 9.53 Å². The largest absolute Gasteiger partial charge is 0.492 e. The van der Waals surface area contributed by atoms with Gasteiger partial charge in [-0.15, -0.1) is 0 Å². The third-order valence-corrected chi connectivity index (χ3v) is 4.39. The summed E-state index contributed by atoms with van der Waals surface area (Å²) in [6.45, 7) is 3.82. The number of aryl methyl sites for hydroxylation is 2. The summed E-state index contributed by atoms with van der Waals surface area (Å²) in [5.74, 6) is 0.968. The van der Waals surface area contributed by atoms with Crippen LogP contribution in [-0.2, 0) is 11.3 Å². The molecule has 0 fully saturated rings. The number of carbonyl (C=O) groups excluding carboxylic acids is 1. The summed E-state index contributed by atoms with van der Waals surface area (Å²) in [5, 5.41) is 1.20. The molecule has 0 N–H and O–H groups in total. The maximum atomic E-state index is 12.3. The van der Waals surface area contributed by atoms with Gasteiger partial charge in [0.15, 0.2) is 0 Å². The van der Waals surface area contributed by atoms with Crippen LogP contribution in [0.4, 0.5) is 0 Å². The molecular weight excluding hydrogens is 312 g/mol. The number of likely N-dealkylation sites (N-methyl/N-ethyl adjacent to an activating group) is 1. The molecule has 0 aliphatic carbocycles. The van der Waals surface area contributed by atoms with Crippen molar-refractivity contribution in [2.75, 3.05) is 20.2 Å². The van der Waals surface area contributed by atoms with E-state index in [1.54, 1.807) is 4.90 Å². The fourth-order valence-electron chi connectivity index (χ4n) is 2.80. The van der Waals surface area contributed by atoms with Gasteiger partial charge in [-0.25, -0.2) is 0 Å². The van der Waals surface area contributed by atoms with E-state index in [2.05, 4.69) is 22.8 Å². The fraction of sp³-hybridized carbons (Fsp3) is 0.286. The number of carbonyl (C=O) groups is 1. The van der Waals surface area contributed by atoms with Gasteiger partial charge in [-0.3, -0.25) is 4.79 Å². The van der Waals surface area contributed by atoms with Crippen molar-refractivity contribution in [1.82, 2.24) is 9.47 Å². The minimum atomic E-state index is 0.130. The lowest BCUT2D eigenvalue weighted by Crippen LogP contribution is -2.31. The van der Waals surface area contributed by atoms with E-state index in [1.807, 2.05) is 56.6 Å². The third-order valence-electron chi connectivity index (χ3n) is 4.39. The molecule has 4 nitrogen and oxygen atoms in total. The SMILES string of the molecule is Cc1ccc(OCCN(C)C(=O)CCn2ccc3ccccc32)cc1. The molecule has 0 spiro atoms. The summed E-state index contributed by atoms with van der Waals surface area (Å²) in [6, 6.07) is 18.2. The van der Waals surface area contributed by atoms with Gasteiger partial charge in [0.2, 0.25) is 5.91 Å². The van der Waals surface area contributed by atoms with Crippen LogP contribution in [-0.4, -0.2) is 35.6 Å². The average Bonchev–Trinajstić information content (AvgIpc) is 3.04. The van der Waals surface area contributed by atoms with Crippen LogP contribution in [0.3, 0.4) is 0 Å². The summed E-state index contributed by atoms with van der Waals surface area (Å²) >= 11 is 0. The molecule has 0 saturated carbocycles. The number of ether oxygens (including phenoxy) is 1. The lowest BCUT2D eigenvalue weighted by atomic mass is 10.2. The highest BCUT2D eigenvalue weighted by atomic mass is 16.5. The summed E-state index contributed by atoms with van der Waals surface area (Å²) in [5.41, 5.74) is 2.37. The summed E-state index contributed by atoms with van der Waals surface area (Å²) in [4.78, 5) is 14.1. The van der Waals surface area contributed by atoms with Gasteiger partial charge in [0.1, 0.15) is 12.4 Å². The van der Waals surface area contributed by atoms with Gasteiger partial charge in [-0.05, 0) is 36.6 Å². The zero-order valence-corrected chi connectivity index (χ0v) is 14.8. The summed E-state index contributed by atoms with van der Waals surface area (Å²) < 4.78 is 7.82. The number of hydrogen-bond donors (Lipinski definition) is 0. The first-order valence-corrected chi connectivity index (χ1v) is 8.61. The molecule has 0 atom stereocenters. The van der Waals surface area contributed by atoms with Crippen LogP contribution in [0.25, 0.3) is 10.9 Å². The van der Waals surface area contributed by atoms with Crippen LogP contribution in [0, 0.1) is 6.92 Å². The molecule has 0 saturated heterocycles. The third kappa shape index (κ3) is 4.41. The quantitative estimate of drug-likeness (QED) is 0.656. The van der Waals surface area contributed by atoms with Crippen LogP contribution in [0.5, 0.6) is 5.75 Å². The van der Waals surface area contributed by atoms with Gasteiger partial charge in [0, 0.05) is 31.7 Å². The standard InChI is InChI=1S/C21H24N2O2/c1-17-7-9-19(10-8-17)25-16-15-22(2)21(24)12-14-23-13-11-18-5-3-4-6-20(18)23/h3-11,13H,12,14-16H2,1-2H3. The van der Waals surface area contributed by atoms with E-state index >= 15 is 0 Å². The molecule has 0 aliphatic heterocycles. The normalized spacial score (nSPS) is 10.8. The Labute approximate surface area is 148 Å². The van der Waals surface area contributed by atoms with Crippen LogP contribution < -0.4 is 4.74 Å². The lowest BCUT2D eigenvalue weighted by Gasteiger charge is -2.18. The van der Waals surface area contributed by atoms with Gasteiger partial charge < -0.3 is 14.2 Å². The Morgan fingerprint density at radius 3 is 2.64 bits per heavy atom. The van der Waals surface area contributed by atoms with Crippen LogP contribution in [0.1, 0.15) is 12.0 Å². The Kier molecular flexibility index (Phi) is 5.39. The van der Waals surface area contributed by atoms with E-state index in [-0.39, 0.29) is 5.91 Å². The molecule has 0 bridgehead atoms. The van der Waals surface area contributed by atoms with Gasteiger partial charge in [0.25, 0.3) is 0 Å².